The Morgan fingerprint density at radius 3 is 2.95 bits per heavy atom. The standard InChI is InChI=1S/C13H13N3O3S/c17-11(4-3-9-2-1-5-14-7-9)16-13-15-10(8-20-13)6-12(18)19/h1-2,5,7-8H,3-4,6H2,(H,18,19)(H,15,16,17). The number of hydrogen-bond donors (Lipinski definition) is 2. The molecule has 0 unspecified atom stereocenters. The van der Waals surface area contributed by atoms with Crippen molar-refractivity contribution < 1.29 is 14.7 Å². The van der Waals surface area contributed by atoms with E-state index in [1.54, 1.807) is 17.8 Å². The Hall–Kier alpha value is -2.28. The second kappa shape index (κ2) is 6.76. The number of aryl methyl sites for hydroxylation is 1. The molecule has 1 amide bonds. The molecule has 2 aromatic heterocycles. The molecule has 0 aliphatic rings. The zero-order valence-electron chi connectivity index (χ0n) is 10.6. The first-order valence-corrected chi connectivity index (χ1v) is 6.86. The van der Waals surface area contributed by atoms with Crippen LogP contribution in [0.3, 0.4) is 0 Å². The van der Waals surface area contributed by atoms with Gasteiger partial charge in [0.1, 0.15) is 0 Å². The summed E-state index contributed by atoms with van der Waals surface area (Å²) in [6, 6.07) is 3.74. The van der Waals surface area contributed by atoms with E-state index in [1.165, 1.54) is 11.3 Å². The van der Waals surface area contributed by atoms with Gasteiger partial charge in [-0.1, -0.05) is 6.07 Å². The van der Waals surface area contributed by atoms with Crippen molar-refractivity contribution in [1.29, 1.82) is 0 Å². The SMILES string of the molecule is O=C(O)Cc1csc(NC(=O)CCc2cccnc2)n1. The third-order valence-electron chi connectivity index (χ3n) is 2.49. The summed E-state index contributed by atoms with van der Waals surface area (Å²) in [5.74, 6) is -1.09. The van der Waals surface area contributed by atoms with Crippen LogP contribution in [0.25, 0.3) is 0 Å². The van der Waals surface area contributed by atoms with Crippen LogP contribution in [0.2, 0.25) is 0 Å². The molecule has 0 aromatic carbocycles. The van der Waals surface area contributed by atoms with Crippen molar-refractivity contribution in [3.8, 4) is 0 Å². The number of carbonyl (C=O) groups excluding carboxylic acids is 1. The number of carboxylic acids is 1. The summed E-state index contributed by atoms with van der Waals surface area (Å²) in [6.45, 7) is 0. The van der Waals surface area contributed by atoms with Crippen molar-refractivity contribution in [3.63, 3.8) is 0 Å². The second-order valence-electron chi connectivity index (χ2n) is 4.12. The third-order valence-corrected chi connectivity index (χ3v) is 3.30. The molecule has 0 fully saturated rings. The lowest BCUT2D eigenvalue weighted by Crippen LogP contribution is -2.12. The van der Waals surface area contributed by atoms with E-state index in [2.05, 4.69) is 15.3 Å². The van der Waals surface area contributed by atoms with Crippen molar-refractivity contribution in [2.24, 2.45) is 0 Å². The monoisotopic (exact) mass is 291 g/mol. The number of thiazole rings is 1. The normalized spacial score (nSPS) is 10.2. The molecule has 2 rings (SSSR count). The number of carboxylic acid groups (broad SMARTS) is 1. The Balaban J connectivity index is 1.82. The molecule has 0 aliphatic heterocycles. The molecule has 0 saturated carbocycles. The summed E-state index contributed by atoms with van der Waals surface area (Å²) in [5.41, 5.74) is 1.44. The summed E-state index contributed by atoms with van der Waals surface area (Å²) in [4.78, 5) is 30.3. The maximum atomic E-state index is 11.7. The summed E-state index contributed by atoms with van der Waals surface area (Å²) in [5, 5.41) is 13.4. The van der Waals surface area contributed by atoms with E-state index < -0.39 is 5.97 Å². The van der Waals surface area contributed by atoms with Gasteiger partial charge in [0.05, 0.1) is 12.1 Å². The summed E-state index contributed by atoms with van der Waals surface area (Å²) >= 11 is 1.22. The minimum atomic E-state index is -0.940. The number of aliphatic carboxylic acids is 1. The summed E-state index contributed by atoms with van der Waals surface area (Å²) in [7, 11) is 0. The van der Waals surface area contributed by atoms with Crippen LogP contribution in [0.4, 0.5) is 5.13 Å². The molecular weight excluding hydrogens is 278 g/mol. The maximum absolute atomic E-state index is 11.7. The number of hydrogen-bond acceptors (Lipinski definition) is 5. The van der Waals surface area contributed by atoms with E-state index in [0.717, 1.165) is 5.56 Å². The Morgan fingerprint density at radius 1 is 1.40 bits per heavy atom. The van der Waals surface area contributed by atoms with Gasteiger partial charge < -0.3 is 10.4 Å². The average molecular weight is 291 g/mol. The minimum Gasteiger partial charge on any atom is -0.481 e. The molecular formula is C13H13N3O3S. The molecule has 0 aliphatic carbocycles. The first-order chi connectivity index (χ1) is 9.63. The molecule has 0 saturated heterocycles. The number of carbonyl (C=O) groups is 2. The molecule has 0 bridgehead atoms. The van der Waals surface area contributed by atoms with Gasteiger partial charge in [-0.2, -0.15) is 0 Å². The molecule has 2 heterocycles. The molecule has 0 atom stereocenters. The highest BCUT2D eigenvalue weighted by atomic mass is 32.1. The molecule has 7 heteroatoms. The number of nitrogens with zero attached hydrogens (tertiary/aromatic N) is 2. The fourth-order valence-corrected chi connectivity index (χ4v) is 2.31. The third kappa shape index (κ3) is 4.43. The van der Waals surface area contributed by atoms with Gasteiger partial charge in [0.2, 0.25) is 5.91 Å². The van der Waals surface area contributed by atoms with E-state index in [4.69, 9.17) is 5.11 Å². The lowest BCUT2D eigenvalue weighted by molar-refractivity contribution is -0.136. The van der Waals surface area contributed by atoms with E-state index in [-0.39, 0.29) is 12.3 Å². The van der Waals surface area contributed by atoms with Crippen LogP contribution in [-0.2, 0) is 22.4 Å². The molecule has 20 heavy (non-hydrogen) atoms. The van der Waals surface area contributed by atoms with Crippen LogP contribution in [0, 0.1) is 0 Å². The lowest BCUT2D eigenvalue weighted by Gasteiger charge is -2.01. The highest BCUT2D eigenvalue weighted by molar-refractivity contribution is 7.13. The van der Waals surface area contributed by atoms with Crippen molar-refractivity contribution in [2.75, 3.05) is 5.32 Å². The zero-order chi connectivity index (χ0) is 14.4. The lowest BCUT2D eigenvalue weighted by atomic mass is 10.1. The molecule has 104 valence electrons. The van der Waals surface area contributed by atoms with Gasteiger partial charge in [-0.05, 0) is 18.1 Å². The van der Waals surface area contributed by atoms with Crippen LogP contribution in [0.15, 0.2) is 29.9 Å². The van der Waals surface area contributed by atoms with E-state index >= 15 is 0 Å². The highest BCUT2D eigenvalue weighted by Gasteiger charge is 2.09. The Kier molecular flexibility index (Phi) is 4.78. The molecule has 6 nitrogen and oxygen atoms in total. The second-order valence-corrected chi connectivity index (χ2v) is 4.98. The predicted octanol–water partition coefficient (Wildman–Crippen LogP) is 1.74. The van der Waals surface area contributed by atoms with Crippen molar-refractivity contribution in [3.05, 3.63) is 41.2 Å². The van der Waals surface area contributed by atoms with E-state index in [0.29, 0.717) is 23.7 Å². The largest absolute Gasteiger partial charge is 0.481 e. The molecule has 0 spiro atoms. The quantitative estimate of drug-likeness (QED) is 0.845. The zero-order valence-corrected chi connectivity index (χ0v) is 11.4. The number of aromatic nitrogens is 2. The van der Waals surface area contributed by atoms with Crippen LogP contribution in [-0.4, -0.2) is 27.0 Å². The number of rotatable bonds is 6. The Morgan fingerprint density at radius 2 is 2.25 bits per heavy atom. The number of pyridine rings is 1. The maximum Gasteiger partial charge on any atom is 0.309 e. The molecule has 2 N–H and O–H groups in total. The van der Waals surface area contributed by atoms with Gasteiger partial charge in [0.25, 0.3) is 0 Å². The van der Waals surface area contributed by atoms with Gasteiger partial charge in [-0.25, -0.2) is 4.98 Å². The van der Waals surface area contributed by atoms with Crippen molar-refractivity contribution >= 4 is 28.3 Å². The first kappa shape index (κ1) is 14.1. The minimum absolute atomic E-state index is 0.137. The van der Waals surface area contributed by atoms with Crippen LogP contribution < -0.4 is 5.32 Å². The molecule has 2 aromatic rings. The summed E-state index contributed by atoms with van der Waals surface area (Å²) < 4.78 is 0. The van der Waals surface area contributed by atoms with Crippen LogP contribution in [0.1, 0.15) is 17.7 Å². The first-order valence-electron chi connectivity index (χ1n) is 5.98. The van der Waals surface area contributed by atoms with Crippen molar-refractivity contribution in [1.82, 2.24) is 9.97 Å². The van der Waals surface area contributed by atoms with Crippen molar-refractivity contribution in [2.45, 2.75) is 19.3 Å². The van der Waals surface area contributed by atoms with E-state index in [9.17, 15) is 9.59 Å². The number of amides is 1. The average Bonchev–Trinajstić information content (AvgIpc) is 2.84. The Bertz CT molecular complexity index is 598. The van der Waals surface area contributed by atoms with Gasteiger partial charge in [-0.3, -0.25) is 14.6 Å². The smallest absolute Gasteiger partial charge is 0.309 e. The fourth-order valence-electron chi connectivity index (χ4n) is 1.59. The fraction of sp³-hybridized carbons (Fsp3) is 0.231. The van der Waals surface area contributed by atoms with Crippen LogP contribution in [0.5, 0.6) is 0 Å². The van der Waals surface area contributed by atoms with Gasteiger partial charge in [0.15, 0.2) is 5.13 Å². The van der Waals surface area contributed by atoms with Gasteiger partial charge in [-0.15, -0.1) is 11.3 Å². The predicted molar refractivity (Wildman–Crippen MR) is 74.6 cm³/mol. The van der Waals surface area contributed by atoms with Crippen LogP contribution >= 0.6 is 11.3 Å². The molecule has 0 radical (unpaired) electrons. The highest BCUT2D eigenvalue weighted by Crippen LogP contribution is 2.16. The number of anilines is 1. The van der Waals surface area contributed by atoms with Gasteiger partial charge >= 0.3 is 5.97 Å². The Labute approximate surface area is 119 Å². The van der Waals surface area contributed by atoms with E-state index in [1.807, 2.05) is 12.1 Å². The van der Waals surface area contributed by atoms with Gasteiger partial charge in [0, 0.05) is 24.2 Å². The summed E-state index contributed by atoms with van der Waals surface area (Å²) in [6.07, 6.45) is 4.21. The topological polar surface area (TPSA) is 92.2 Å². The number of nitrogens with one attached hydrogen (secondary N) is 1.